The molecule has 1 heterocycles. The molecule has 1 aromatic rings. The highest BCUT2D eigenvalue weighted by atomic mass is 35.5. The molecule has 37 heavy (non-hydrogen) atoms. The number of rotatable bonds is 9. The topological polar surface area (TPSA) is 106 Å². The summed E-state index contributed by atoms with van der Waals surface area (Å²) in [6.45, 7) is 3.78. The van der Waals surface area contributed by atoms with Gasteiger partial charge in [0.1, 0.15) is 23.2 Å². The van der Waals surface area contributed by atoms with Crippen molar-refractivity contribution < 1.29 is 46.2 Å². The zero-order valence-corrected chi connectivity index (χ0v) is 21.4. The summed E-state index contributed by atoms with van der Waals surface area (Å²) >= 11 is 5.62. The summed E-state index contributed by atoms with van der Waals surface area (Å²) in [5.74, 6) is -1.68. The summed E-state index contributed by atoms with van der Waals surface area (Å²) in [7, 11) is 0. The number of carbonyl (C=O) groups is 3. The van der Waals surface area contributed by atoms with Crippen LogP contribution in [0.2, 0.25) is 5.02 Å². The van der Waals surface area contributed by atoms with Gasteiger partial charge < -0.3 is 20.1 Å². The molecule has 2 unspecified atom stereocenters. The number of benzene rings is 1. The lowest BCUT2D eigenvalue weighted by atomic mass is 9.97. The van der Waals surface area contributed by atoms with Crippen molar-refractivity contribution in [1.29, 1.82) is 0 Å². The maximum absolute atomic E-state index is 13.5. The normalized spacial score (nSPS) is 18.2. The fraction of sp³-hybridized carbons (Fsp3) is 0.609. The van der Waals surface area contributed by atoms with E-state index in [1.165, 1.54) is 17.0 Å². The number of hydrogen-bond acceptors (Lipinski definition) is 6. The molecule has 2 rings (SSSR count). The van der Waals surface area contributed by atoms with E-state index in [0.717, 1.165) is 6.07 Å². The number of nitrogens with one attached hydrogen (secondary N) is 2. The third kappa shape index (κ3) is 11.0. The number of nitrogens with zero attached hydrogens (tertiary/aromatic N) is 1. The van der Waals surface area contributed by atoms with Crippen LogP contribution in [0.1, 0.15) is 40.0 Å². The third-order valence-corrected chi connectivity index (χ3v) is 5.33. The Morgan fingerprint density at radius 2 is 1.86 bits per heavy atom. The summed E-state index contributed by atoms with van der Waals surface area (Å²) in [4.78, 5) is 39.1. The monoisotopic (exact) mass is 555 g/mol. The van der Waals surface area contributed by atoms with Crippen molar-refractivity contribution in [2.45, 2.75) is 64.1 Å². The Balaban J connectivity index is 1.94. The molecular weight excluding hydrogens is 526 g/mol. The molecule has 9 nitrogen and oxygen atoms in total. The van der Waals surface area contributed by atoms with Gasteiger partial charge in [-0.2, -0.15) is 0 Å². The molecule has 2 atom stereocenters. The predicted molar refractivity (Wildman–Crippen MR) is 124 cm³/mol. The quantitative estimate of drug-likeness (QED) is 0.355. The molecule has 14 heteroatoms. The number of ether oxygens (including phenoxy) is 3. The fourth-order valence-corrected chi connectivity index (χ4v) is 3.58. The van der Waals surface area contributed by atoms with E-state index < -0.39 is 61.0 Å². The van der Waals surface area contributed by atoms with Crippen LogP contribution in [0.15, 0.2) is 18.2 Å². The highest BCUT2D eigenvalue weighted by molar-refractivity contribution is 6.30. The van der Waals surface area contributed by atoms with Crippen molar-refractivity contribution in [2.24, 2.45) is 0 Å². The van der Waals surface area contributed by atoms with Crippen LogP contribution >= 0.6 is 11.6 Å². The van der Waals surface area contributed by atoms with Crippen molar-refractivity contribution in [3.63, 3.8) is 0 Å². The molecule has 208 valence electrons. The van der Waals surface area contributed by atoms with Gasteiger partial charge in [-0.25, -0.2) is 9.18 Å². The van der Waals surface area contributed by atoms with Gasteiger partial charge in [0, 0.05) is 25.2 Å². The Labute approximate surface area is 216 Å². The molecule has 0 saturated carbocycles. The van der Waals surface area contributed by atoms with E-state index in [9.17, 15) is 31.9 Å². The van der Waals surface area contributed by atoms with Gasteiger partial charge in [-0.05, 0) is 52.2 Å². The van der Waals surface area contributed by atoms with Gasteiger partial charge in [-0.15, -0.1) is 13.2 Å². The van der Waals surface area contributed by atoms with Gasteiger partial charge in [0.15, 0.2) is 6.61 Å². The smallest absolute Gasteiger partial charge is 0.484 e. The second kappa shape index (κ2) is 13.1. The Morgan fingerprint density at radius 1 is 1.16 bits per heavy atom. The van der Waals surface area contributed by atoms with Crippen molar-refractivity contribution in [2.75, 3.05) is 26.3 Å². The number of carbonyl (C=O) groups excluding carboxylic acids is 3. The van der Waals surface area contributed by atoms with Crippen molar-refractivity contribution >= 4 is 29.5 Å². The number of likely N-dealkylation sites (tertiary alicyclic amines) is 1. The Bertz CT molecular complexity index is 957. The standard InChI is InChI=1S/C23H30ClF4N3O6/c1-22(2,3)37-21(34)31-12-14(30-19(32)13-35-15-6-7-16(24)17(25)11-15)5-8-18(31)20(33)29-9-4-10-36-23(26,27)28/h6-7,11,14,18H,4-5,8-10,12-13H2,1-3H3,(H,29,33)(H,30,32). The first kappa shape index (κ1) is 30.4. The van der Waals surface area contributed by atoms with Gasteiger partial charge in [-0.1, -0.05) is 11.6 Å². The van der Waals surface area contributed by atoms with Gasteiger partial charge in [-0.3, -0.25) is 19.2 Å². The van der Waals surface area contributed by atoms with Crippen LogP contribution < -0.4 is 15.4 Å². The first-order chi connectivity index (χ1) is 17.1. The van der Waals surface area contributed by atoms with Crippen LogP contribution in [-0.4, -0.2) is 73.2 Å². The number of halogens is 5. The van der Waals surface area contributed by atoms with Crippen LogP contribution in [0.5, 0.6) is 5.75 Å². The lowest BCUT2D eigenvalue weighted by Crippen LogP contribution is -2.59. The molecule has 1 aromatic carbocycles. The maximum atomic E-state index is 13.5. The zero-order chi connectivity index (χ0) is 27.8. The molecule has 2 N–H and O–H groups in total. The van der Waals surface area contributed by atoms with Gasteiger partial charge in [0.2, 0.25) is 5.91 Å². The van der Waals surface area contributed by atoms with Gasteiger partial charge >= 0.3 is 12.5 Å². The summed E-state index contributed by atoms with van der Waals surface area (Å²) in [5.41, 5.74) is -0.856. The van der Waals surface area contributed by atoms with E-state index in [-0.39, 0.29) is 36.7 Å². The highest BCUT2D eigenvalue weighted by Gasteiger charge is 2.38. The highest BCUT2D eigenvalue weighted by Crippen LogP contribution is 2.23. The minimum atomic E-state index is -4.75. The number of piperidine rings is 1. The summed E-state index contributed by atoms with van der Waals surface area (Å²) in [6.07, 6.45) is -5.12. The zero-order valence-electron chi connectivity index (χ0n) is 20.6. The van der Waals surface area contributed by atoms with Crippen molar-refractivity contribution in [3.05, 3.63) is 29.0 Å². The minimum Gasteiger partial charge on any atom is -0.484 e. The molecule has 1 aliphatic heterocycles. The molecule has 0 aromatic heterocycles. The van der Waals surface area contributed by atoms with Crippen LogP contribution in [0, 0.1) is 5.82 Å². The largest absolute Gasteiger partial charge is 0.522 e. The molecule has 1 saturated heterocycles. The van der Waals surface area contributed by atoms with Crippen LogP contribution in [-0.2, 0) is 19.1 Å². The Morgan fingerprint density at radius 3 is 2.49 bits per heavy atom. The van der Waals surface area contributed by atoms with E-state index in [1.807, 2.05) is 0 Å². The second-order valence-corrected chi connectivity index (χ2v) is 9.70. The minimum absolute atomic E-state index is 0.0501. The van der Waals surface area contributed by atoms with Gasteiger partial charge in [0.05, 0.1) is 11.6 Å². The number of alkyl halides is 3. The lowest BCUT2D eigenvalue weighted by Gasteiger charge is -2.39. The number of amides is 3. The van der Waals surface area contributed by atoms with E-state index in [4.69, 9.17) is 21.1 Å². The van der Waals surface area contributed by atoms with Crippen LogP contribution in [0.4, 0.5) is 22.4 Å². The molecule has 1 aliphatic rings. The molecular formula is C23H30ClF4N3O6. The average molecular weight is 556 g/mol. The molecule has 0 spiro atoms. The van der Waals surface area contributed by atoms with E-state index >= 15 is 0 Å². The van der Waals surface area contributed by atoms with Crippen molar-refractivity contribution in [1.82, 2.24) is 15.5 Å². The summed E-state index contributed by atoms with van der Waals surface area (Å²) in [6, 6.07) is 2.26. The number of hydrogen-bond donors (Lipinski definition) is 2. The maximum Gasteiger partial charge on any atom is 0.522 e. The summed E-state index contributed by atoms with van der Waals surface area (Å²) < 4.78 is 64.1. The Kier molecular flexibility index (Phi) is 10.8. The fourth-order valence-electron chi connectivity index (χ4n) is 3.46. The third-order valence-electron chi connectivity index (χ3n) is 5.02. The first-order valence-electron chi connectivity index (χ1n) is 11.5. The molecule has 0 radical (unpaired) electrons. The van der Waals surface area contributed by atoms with E-state index in [2.05, 4.69) is 15.4 Å². The second-order valence-electron chi connectivity index (χ2n) is 9.29. The van der Waals surface area contributed by atoms with Crippen molar-refractivity contribution in [3.8, 4) is 5.75 Å². The average Bonchev–Trinajstić information content (AvgIpc) is 2.77. The molecule has 0 aliphatic carbocycles. The molecule has 0 bridgehead atoms. The molecule has 3 amide bonds. The Hall–Kier alpha value is -2.80. The molecule has 1 fully saturated rings. The van der Waals surface area contributed by atoms with Crippen LogP contribution in [0.3, 0.4) is 0 Å². The van der Waals surface area contributed by atoms with Gasteiger partial charge in [0.25, 0.3) is 5.91 Å². The van der Waals surface area contributed by atoms with Crippen LogP contribution in [0.25, 0.3) is 0 Å². The lowest BCUT2D eigenvalue weighted by molar-refractivity contribution is -0.324. The predicted octanol–water partition coefficient (Wildman–Crippen LogP) is 3.78. The van der Waals surface area contributed by atoms with E-state index in [1.54, 1.807) is 20.8 Å². The van der Waals surface area contributed by atoms with E-state index in [0.29, 0.717) is 6.42 Å². The summed E-state index contributed by atoms with van der Waals surface area (Å²) in [5, 5.41) is 5.13. The SMILES string of the molecule is CC(C)(C)OC(=O)N1CC(NC(=O)COc2ccc(Cl)c(F)c2)CCC1C(=O)NCCCOC(F)(F)F. The first-order valence-corrected chi connectivity index (χ1v) is 11.9.